The summed E-state index contributed by atoms with van der Waals surface area (Å²) in [6.07, 6.45) is 0. The summed E-state index contributed by atoms with van der Waals surface area (Å²) in [5.41, 5.74) is 4.53. The van der Waals surface area contributed by atoms with Crippen LogP contribution in [0.25, 0.3) is 22.2 Å². The van der Waals surface area contributed by atoms with E-state index in [-0.39, 0.29) is 18.5 Å². The van der Waals surface area contributed by atoms with Gasteiger partial charge in [0.15, 0.2) is 0 Å². The Bertz CT molecular complexity index is 1320. The Hall–Kier alpha value is -3.58. The van der Waals surface area contributed by atoms with Gasteiger partial charge in [-0.1, -0.05) is 78.9 Å². The van der Waals surface area contributed by atoms with Crippen molar-refractivity contribution in [3.63, 3.8) is 0 Å². The Kier molecular flexibility index (Phi) is 6.59. The van der Waals surface area contributed by atoms with E-state index in [1.54, 1.807) is 0 Å². The average Bonchev–Trinajstić information content (AvgIpc) is 2.89. The molecule has 178 valence electrons. The van der Waals surface area contributed by atoms with Gasteiger partial charge < -0.3 is 19.9 Å². The number of benzene rings is 3. The van der Waals surface area contributed by atoms with Gasteiger partial charge in [0.05, 0.1) is 36.0 Å². The van der Waals surface area contributed by atoms with E-state index in [0.29, 0.717) is 43.1 Å². The second kappa shape index (κ2) is 9.96. The van der Waals surface area contributed by atoms with E-state index in [1.807, 2.05) is 91.9 Å². The number of carbonyl (C=O) groups is 1. The highest BCUT2D eigenvalue weighted by Gasteiger charge is 2.29. The third kappa shape index (κ3) is 4.95. The minimum Gasteiger partial charge on any atom is -0.632 e. The fourth-order valence-corrected chi connectivity index (χ4v) is 4.72. The Morgan fingerprint density at radius 1 is 0.971 bits per heavy atom. The SMILES string of the molecule is CC(NC(=O)c1c(C[N+]2([O-])CCOCC2)c(-c2ccccc2)nc2ccccc12)c1ccccc1. The van der Waals surface area contributed by atoms with Crippen molar-refractivity contribution < 1.29 is 14.2 Å². The number of hydroxylamine groups is 3. The van der Waals surface area contributed by atoms with Crippen LogP contribution in [0, 0.1) is 5.21 Å². The number of carbonyl (C=O) groups excluding carboxylic acids is 1. The molecule has 1 amide bonds. The van der Waals surface area contributed by atoms with Gasteiger partial charge in [-0.05, 0) is 18.6 Å². The summed E-state index contributed by atoms with van der Waals surface area (Å²) >= 11 is 0. The molecule has 1 aromatic heterocycles. The lowest BCUT2D eigenvalue weighted by Crippen LogP contribution is -2.50. The van der Waals surface area contributed by atoms with Gasteiger partial charge in [-0.25, -0.2) is 4.98 Å². The molecule has 6 nitrogen and oxygen atoms in total. The van der Waals surface area contributed by atoms with Crippen LogP contribution in [0.3, 0.4) is 0 Å². The highest BCUT2D eigenvalue weighted by atomic mass is 16.6. The van der Waals surface area contributed by atoms with Crippen LogP contribution < -0.4 is 5.32 Å². The number of para-hydroxylation sites is 1. The fraction of sp³-hybridized carbons (Fsp3) is 0.241. The Morgan fingerprint density at radius 2 is 1.60 bits per heavy atom. The Morgan fingerprint density at radius 3 is 2.31 bits per heavy atom. The summed E-state index contributed by atoms with van der Waals surface area (Å²) in [5, 5.41) is 17.7. The highest BCUT2D eigenvalue weighted by molar-refractivity contribution is 6.09. The summed E-state index contributed by atoms with van der Waals surface area (Å²) in [7, 11) is 0. The van der Waals surface area contributed by atoms with E-state index in [4.69, 9.17) is 9.72 Å². The van der Waals surface area contributed by atoms with Crippen LogP contribution in [0.1, 0.15) is 34.5 Å². The summed E-state index contributed by atoms with van der Waals surface area (Å²) in [6.45, 7) is 3.66. The number of quaternary nitrogens is 1. The molecule has 1 N–H and O–H groups in total. The molecule has 35 heavy (non-hydrogen) atoms. The van der Waals surface area contributed by atoms with Crippen LogP contribution in [0.15, 0.2) is 84.9 Å². The highest BCUT2D eigenvalue weighted by Crippen LogP contribution is 2.33. The number of rotatable bonds is 6. The topological polar surface area (TPSA) is 74.3 Å². The molecule has 0 radical (unpaired) electrons. The minimum atomic E-state index is -0.436. The molecule has 1 aliphatic heterocycles. The zero-order valence-electron chi connectivity index (χ0n) is 19.8. The summed E-state index contributed by atoms with van der Waals surface area (Å²) in [4.78, 5) is 18.9. The van der Waals surface area contributed by atoms with Crippen LogP contribution in [0.5, 0.6) is 0 Å². The smallest absolute Gasteiger partial charge is 0.253 e. The largest absolute Gasteiger partial charge is 0.632 e. The number of ether oxygens (including phenoxy) is 1. The van der Waals surface area contributed by atoms with Gasteiger partial charge in [0.1, 0.15) is 19.6 Å². The first-order chi connectivity index (χ1) is 17.0. The number of nitrogens with zero attached hydrogens (tertiary/aromatic N) is 2. The van der Waals surface area contributed by atoms with Gasteiger partial charge >= 0.3 is 0 Å². The van der Waals surface area contributed by atoms with Gasteiger partial charge in [-0.15, -0.1) is 0 Å². The number of fused-ring (bicyclic) bond motifs is 1. The molecule has 1 aliphatic rings. The van der Waals surface area contributed by atoms with E-state index in [9.17, 15) is 10.0 Å². The molecule has 0 spiro atoms. The van der Waals surface area contributed by atoms with Crippen LogP contribution in [-0.2, 0) is 11.3 Å². The quantitative estimate of drug-likeness (QED) is 0.311. The van der Waals surface area contributed by atoms with E-state index < -0.39 is 4.65 Å². The zero-order valence-corrected chi connectivity index (χ0v) is 19.8. The Balaban J connectivity index is 1.67. The fourth-order valence-electron chi connectivity index (χ4n) is 4.72. The third-order valence-electron chi connectivity index (χ3n) is 6.65. The first-order valence-corrected chi connectivity index (χ1v) is 12.0. The van der Waals surface area contributed by atoms with Crippen molar-refractivity contribution in [1.82, 2.24) is 10.3 Å². The van der Waals surface area contributed by atoms with Gasteiger partial charge in [-0.2, -0.15) is 0 Å². The zero-order chi connectivity index (χ0) is 24.3. The van der Waals surface area contributed by atoms with Crippen molar-refractivity contribution in [2.45, 2.75) is 19.5 Å². The average molecular weight is 468 g/mol. The van der Waals surface area contributed by atoms with Crippen LogP contribution in [0.4, 0.5) is 0 Å². The molecule has 3 aromatic carbocycles. The molecule has 5 rings (SSSR count). The van der Waals surface area contributed by atoms with Crippen molar-refractivity contribution in [2.75, 3.05) is 26.3 Å². The normalized spacial score (nSPS) is 16.1. The Labute approximate surface area is 205 Å². The van der Waals surface area contributed by atoms with Crippen LogP contribution >= 0.6 is 0 Å². The first-order valence-electron chi connectivity index (χ1n) is 12.0. The van der Waals surface area contributed by atoms with E-state index >= 15 is 0 Å². The maximum atomic E-state index is 13.9. The standard InChI is InChI=1S/C29H29N3O3/c1-21(22-10-4-2-5-11-22)30-29(33)27-24-14-8-9-15-26(24)31-28(23-12-6-3-7-13-23)25(27)20-32(34)16-18-35-19-17-32/h2-15,21H,16-20H2,1H3,(H,30,33). The third-order valence-corrected chi connectivity index (χ3v) is 6.65. The number of hydrogen-bond acceptors (Lipinski definition) is 4. The number of aromatic nitrogens is 1. The molecule has 1 saturated heterocycles. The van der Waals surface area contributed by atoms with Gasteiger partial charge in [0, 0.05) is 16.5 Å². The maximum Gasteiger partial charge on any atom is 0.253 e. The van der Waals surface area contributed by atoms with Crippen molar-refractivity contribution in [3.8, 4) is 11.3 Å². The number of pyridine rings is 1. The predicted octanol–water partition coefficient (Wildman–Crippen LogP) is 5.24. The molecular weight excluding hydrogens is 438 g/mol. The monoisotopic (exact) mass is 467 g/mol. The number of hydrogen-bond donors (Lipinski definition) is 1. The number of nitrogens with one attached hydrogen (secondary N) is 1. The predicted molar refractivity (Wildman–Crippen MR) is 137 cm³/mol. The maximum absolute atomic E-state index is 13.9. The molecule has 0 aliphatic carbocycles. The summed E-state index contributed by atoms with van der Waals surface area (Å²) in [5.74, 6) is -0.202. The van der Waals surface area contributed by atoms with Crippen LogP contribution in [-0.4, -0.2) is 41.8 Å². The van der Waals surface area contributed by atoms with Gasteiger partial charge in [-0.3, -0.25) is 4.79 Å². The molecule has 0 bridgehead atoms. The second-order valence-electron chi connectivity index (χ2n) is 9.08. The van der Waals surface area contributed by atoms with E-state index in [0.717, 1.165) is 22.0 Å². The second-order valence-corrected chi connectivity index (χ2v) is 9.08. The van der Waals surface area contributed by atoms with E-state index in [1.165, 1.54) is 0 Å². The van der Waals surface area contributed by atoms with Crippen molar-refractivity contribution in [1.29, 1.82) is 0 Å². The molecule has 1 fully saturated rings. The first kappa shape index (κ1) is 23.2. The summed E-state index contributed by atoms with van der Waals surface area (Å²) in [6, 6.07) is 27.1. The molecule has 2 heterocycles. The van der Waals surface area contributed by atoms with Crippen molar-refractivity contribution >= 4 is 16.8 Å². The lowest BCUT2D eigenvalue weighted by molar-refractivity contribution is -0.901. The lowest BCUT2D eigenvalue weighted by Gasteiger charge is -2.45. The number of morpholine rings is 1. The molecule has 1 atom stereocenters. The molecular formula is C29H29N3O3. The summed E-state index contributed by atoms with van der Waals surface area (Å²) < 4.78 is 5.02. The molecule has 1 unspecified atom stereocenters. The van der Waals surface area contributed by atoms with Gasteiger partial charge in [0.2, 0.25) is 0 Å². The molecule has 0 saturated carbocycles. The minimum absolute atomic E-state index is 0.161. The molecule has 6 heteroatoms. The number of amides is 1. The van der Waals surface area contributed by atoms with Crippen molar-refractivity contribution in [3.05, 3.63) is 107 Å². The molecule has 4 aromatic rings. The van der Waals surface area contributed by atoms with Crippen LogP contribution in [0.2, 0.25) is 0 Å². The lowest BCUT2D eigenvalue weighted by atomic mass is 9.95. The van der Waals surface area contributed by atoms with Crippen molar-refractivity contribution in [2.24, 2.45) is 0 Å². The van der Waals surface area contributed by atoms with E-state index in [2.05, 4.69) is 5.32 Å². The van der Waals surface area contributed by atoms with Gasteiger partial charge in [0.25, 0.3) is 5.91 Å².